The highest BCUT2D eigenvalue weighted by Gasteiger charge is 2.35. The summed E-state index contributed by atoms with van der Waals surface area (Å²) >= 11 is 0. The van der Waals surface area contributed by atoms with Crippen molar-refractivity contribution in [3.8, 4) is 0 Å². The average molecular weight is 227 g/mol. The van der Waals surface area contributed by atoms with Gasteiger partial charge in [-0.1, -0.05) is 0 Å². The molecule has 15 heavy (non-hydrogen) atoms. The normalized spacial score (nSPS) is 12.2. The van der Waals surface area contributed by atoms with Crippen LogP contribution in [0.5, 0.6) is 0 Å². The van der Waals surface area contributed by atoms with Crippen LogP contribution >= 0.6 is 0 Å². The van der Waals surface area contributed by atoms with Gasteiger partial charge in [-0.05, 0) is 12.5 Å². The quantitative estimate of drug-likeness (QED) is 0.735. The Morgan fingerprint density at radius 1 is 1.33 bits per heavy atom. The number of pyridine rings is 1. The van der Waals surface area contributed by atoms with E-state index in [4.69, 9.17) is 0 Å². The molecule has 0 saturated carbocycles. The van der Waals surface area contributed by atoms with Crippen LogP contribution in [-0.4, -0.2) is 4.98 Å². The first kappa shape index (κ1) is 11.7. The molecule has 0 amide bonds. The Morgan fingerprint density at radius 2 is 1.87 bits per heavy atom. The third-order valence-electron chi connectivity index (χ3n) is 1.92. The SMILES string of the molecule is Cc1c(C(F)(F)F)c[nH]c(=O)c1C(F)F. The Hall–Kier alpha value is -1.40. The molecule has 0 radical (unpaired) electrons. The molecular formula is C8H6F5NO. The van der Waals surface area contributed by atoms with E-state index < -0.39 is 34.9 Å². The molecule has 1 N–H and O–H groups in total. The maximum Gasteiger partial charge on any atom is 0.418 e. The fraction of sp³-hybridized carbons (Fsp3) is 0.375. The minimum atomic E-state index is -4.75. The highest BCUT2D eigenvalue weighted by atomic mass is 19.4. The lowest BCUT2D eigenvalue weighted by Gasteiger charge is -2.12. The van der Waals surface area contributed by atoms with Gasteiger partial charge in [-0.25, -0.2) is 8.78 Å². The largest absolute Gasteiger partial charge is 0.418 e. The van der Waals surface area contributed by atoms with Gasteiger partial charge in [0, 0.05) is 6.20 Å². The second-order valence-corrected chi connectivity index (χ2v) is 2.87. The Labute approximate surface area is 80.7 Å². The Morgan fingerprint density at radius 3 is 2.27 bits per heavy atom. The summed E-state index contributed by atoms with van der Waals surface area (Å²) in [5.41, 5.74) is -4.32. The van der Waals surface area contributed by atoms with E-state index in [-0.39, 0.29) is 0 Å². The van der Waals surface area contributed by atoms with Crippen molar-refractivity contribution in [3.63, 3.8) is 0 Å². The van der Waals surface area contributed by atoms with Crippen LogP contribution in [0.1, 0.15) is 23.1 Å². The van der Waals surface area contributed by atoms with Gasteiger partial charge in [-0.3, -0.25) is 4.79 Å². The maximum absolute atomic E-state index is 12.3. The van der Waals surface area contributed by atoms with E-state index in [0.29, 0.717) is 6.20 Å². The second-order valence-electron chi connectivity index (χ2n) is 2.87. The van der Waals surface area contributed by atoms with Crippen LogP contribution in [0.25, 0.3) is 0 Å². The highest BCUT2D eigenvalue weighted by Crippen LogP contribution is 2.33. The first-order chi connectivity index (χ1) is 6.75. The predicted octanol–water partition coefficient (Wildman–Crippen LogP) is 2.64. The highest BCUT2D eigenvalue weighted by molar-refractivity contribution is 5.33. The van der Waals surface area contributed by atoms with Gasteiger partial charge >= 0.3 is 6.18 Å². The fourth-order valence-corrected chi connectivity index (χ4v) is 1.20. The molecule has 0 fully saturated rings. The summed E-state index contributed by atoms with van der Waals surface area (Å²) in [4.78, 5) is 12.5. The van der Waals surface area contributed by atoms with Gasteiger partial charge < -0.3 is 4.98 Å². The summed E-state index contributed by atoms with van der Waals surface area (Å²) in [6.07, 6.45) is -7.59. The Balaban J connectivity index is 3.49. The Kier molecular flexibility index (Phi) is 2.83. The van der Waals surface area contributed by atoms with Crippen LogP contribution in [0.15, 0.2) is 11.0 Å². The monoisotopic (exact) mass is 227 g/mol. The van der Waals surface area contributed by atoms with Crippen molar-refractivity contribution in [2.24, 2.45) is 0 Å². The summed E-state index contributed by atoms with van der Waals surface area (Å²) in [6, 6.07) is 0. The summed E-state index contributed by atoms with van der Waals surface area (Å²) in [5.74, 6) is 0. The summed E-state index contributed by atoms with van der Waals surface area (Å²) in [6.45, 7) is 0.847. The zero-order valence-electron chi connectivity index (χ0n) is 7.45. The molecule has 0 aliphatic rings. The molecule has 0 aliphatic carbocycles. The van der Waals surface area contributed by atoms with Gasteiger partial charge in [0.25, 0.3) is 12.0 Å². The topological polar surface area (TPSA) is 32.9 Å². The van der Waals surface area contributed by atoms with Crippen molar-refractivity contribution >= 4 is 0 Å². The van der Waals surface area contributed by atoms with Crippen LogP contribution < -0.4 is 5.56 Å². The molecular weight excluding hydrogens is 221 g/mol. The number of hydrogen-bond acceptors (Lipinski definition) is 1. The molecule has 0 unspecified atom stereocenters. The van der Waals surface area contributed by atoms with E-state index in [1.165, 1.54) is 0 Å². The third-order valence-corrected chi connectivity index (χ3v) is 1.92. The van der Waals surface area contributed by atoms with E-state index in [9.17, 15) is 26.7 Å². The molecule has 2 nitrogen and oxygen atoms in total. The lowest BCUT2D eigenvalue weighted by Crippen LogP contribution is -2.20. The first-order valence-electron chi connectivity index (χ1n) is 3.82. The van der Waals surface area contributed by atoms with Crippen molar-refractivity contribution in [2.75, 3.05) is 0 Å². The molecule has 0 bridgehead atoms. The molecule has 1 aromatic rings. The lowest BCUT2D eigenvalue weighted by molar-refractivity contribution is -0.138. The summed E-state index contributed by atoms with van der Waals surface area (Å²) < 4.78 is 61.3. The molecule has 1 aromatic heterocycles. The maximum atomic E-state index is 12.3. The van der Waals surface area contributed by atoms with E-state index in [2.05, 4.69) is 0 Å². The van der Waals surface area contributed by atoms with Crippen molar-refractivity contribution in [3.05, 3.63) is 33.2 Å². The Bertz CT molecular complexity index is 420. The van der Waals surface area contributed by atoms with E-state index in [1.807, 2.05) is 0 Å². The van der Waals surface area contributed by atoms with Crippen LogP contribution in [0.3, 0.4) is 0 Å². The molecule has 84 valence electrons. The van der Waals surface area contributed by atoms with Gasteiger partial charge in [0.2, 0.25) is 0 Å². The van der Waals surface area contributed by atoms with Crippen LogP contribution in [0.2, 0.25) is 0 Å². The van der Waals surface area contributed by atoms with Crippen molar-refractivity contribution in [1.82, 2.24) is 4.98 Å². The molecule has 7 heteroatoms. The molecule has 0 aromatic carbocycles. The van der Waals surface area contributed by atoms with E-state index >= 15 is 0 Å². The lowest BCUT2D eigenvalue weighted by atomic mass is 10.1. The number of nitrogens with one attached hydrogen (secondary N) is 1. The summed E-state index contributed by atoms with van der Waals surface area (Å²) in [5, 5.41) is 0. The number of H-pyrrole nitrogens is 1. The zero-order valence-corrected chi connectivity index (χ0v) is 7.45. The summed E-state index contributed by atoms with van der Waals surface area (Å²) in [7, 11) is 0. The van der Waals surface area contributed by atoms with Gasteiger partial charge in [-0.2, -0.15) is 13.2 Å². The van der Waals surface area contributed by atoms with E-state index in [1.54, 1.807) is 4.98 Å². The van der Waals surface area contributed by atoms with Crippen LogP contribution in [0, 0.1) is 6.92 Å². The van der Waals surface area contributed by atoms with Crippen molar-refractivity contribution in [2.45, 2.75) is 19.5 Å². The minimum absolute atomic E-state index is 0.392. The smallest absolute Gasteiger partial charge is 0.328 e. The van der Waals surface area contributed by atoms with Crippen molar-refractivity contribution in [1.29, 1.82) is 0 Å². The van der Waals surface area contributed by atoms with Gasteiger partial charge in [0.1, 0.15) is 0 Å². The first-order valence-corrected chi connectivity index (χ1v) is 3.82. The molecule has 1 heterocycles. The van der Waals surface area contributed by atoms with Crippen LogP contribution in [-0.2, 0) is 6.18 Å². The molecule has 0 saturated heterocycles. The second kappa shape index (κ2) is 3.63. The van der Waals surface area contributed by atoms with Gasteiger partial charge in [-0.15, -0.1) is 0 Å². The number of alkyl halides is 5. The number of aromatic nitrogens is 1. The number of aromatic amines is 1. The van der Waals surface area contributed by atoms with Crippen molar-refractivity contribution < 1.29 is 22.0 Å². The average Bonchev–Trinajstić information content (AvgIpc) is 2.00. The molecule has 0 spiro atoms. The van der Waals surface area contributed by atoms with Gasteiger partial charge in [0.15, 0.2) is 0 Å². The zero-order chi connectivity index (χ0) is 11.8. The van der Waals surface area contributed by atoms with Gasteiger partial charge in [0.05, 0.1) is 11.1 Å². The molecule has 1 rings (SSSR count). The third kappa shape index (κ3) is 2.16. The molecule has 0 atom stereocenters. The number of rotatable bonds is 1. The predicted molar refractivity (Wildman–Crippen MR) is 41.8 cm³/mol. The number of hydrogen-bond donors (Lipinski definition) is 1. The minimum Gasteiger partial charge on any atom is -0.328 e. The van der Waals surface area contributed by atoms with Crippen LogP contribution in [0.4, 0.5) is 22.0 Å². The number of halogens is 5. The fourth-order valence-electron chi connectivity index (χ4n) is 1.20. The molecule has 0 aliphatic heterocycles. The standard InChI is InChI=1S/C8H6F5NO/c1-3-4(8(11,12)13)2-14-7(15)5(3)6(9)10/h2,6H,1H3,(H,14,15). The van der Waals surface area contributed by atoms with E-state index in [0.717, 1.165) is 6.92 Å².